The van der Waals surface area contributed by atoms with Crippen LogP contribution in [-0.2, 0) is 0 Å². The fraction of sp³-hybridized carbons (Fsp3) is 0.0417. The maximum Gasteiger partial charge on any atom is 0.0463 e. The molecule has 0 aliphatic carbocycles. The van der Waals surface area contributed by atoms with Gasteiger partial charge in [0.25, 0.3) is 0 Å². The lowest BCUT2D eigenvalue weighted by atomic mass is 9.91. The van der Waals surface area contributed by atoms with Gasteiger partial charge in [-0.15, -0.1) is 11.3 Å². The summed E-state index contributed by atoms with van der Waals surface area (Å²) in [5.74, 6) is 0. The molecule has 0 saturated carbocycles. The molecule has 0 N–H and O–H groups in total. The van der Waals surface area contributed by atoms with Crippen LogP contribution in [0, 0.1) is 6.92 Å². The summed E-state index contributed by atoms with van der Waals surface area (Å²) in [5, 5.41) is 0. The second kappa shape index (κ2) is 14.4. The first-order valence-corrected chi connectivity index (χ1v) is 18.1. The van der Waals surface area contributed by atoms with E-state index in [0.717, 1.165) is 28.4 Å². The molecule has 1 heterocycles. The Kier molecular flexibility index (Phi) is 9.03. The molecule has 0 aliphatic heterocycles. The van der Waals surface area contributed by atoms with Gasteiger partial charge in [-0.2, -0.15) is 0 Å². The van der Waals surface area contributed by atoms with E-state index >= 15 is 0 Å². The number of aryl methyl sites for hydroxylation is 1. The van der Waals surface area contributed by atoms with Gasteiger partial charge in [-0.25, -0.2) is 0 Å². The molecular weight excluding hydrogens is 637 g/mol. The maximum atomic E-state index is 2.33. The van der Waals surface area contributed by atoms with Crippen molar-refractivity contribution in [2.75, 3.05) is 16.8 Å². The van der Waals surface area contributed by atoms with E-state index in [-0.39, 0.29) is 0 Å². The van der Waals surface area contributed by atoms with Crippen molar-refractivity contribution in [3.05, 3.63) is 200 Å². The van der Waals surface area contributed by atoms with Crippen molar-refractivity contribution >= 4 is 39.8 Å². The van der Waals surface area contributed by atoms with E-state index < -0.39 is 0 Å². The van der Waals surface area contributed by atoms with Gasteiger partial charge in [0.15, 0.2) is 0 Å². The Morgan fingerprint density at radius 2 is 0.667 bits per heavy atom. The first-order valence-electron chi connectivity index (χ1n) is 17.3. The van der Waals surface area contributed by atoms with E-state index in [9.17, 15) is 0 Å². The Hall–Kier alpha value is -6.16. The number of para-hydroxylation sites is 2. The van der Waals surface area contributed by atoms with E-state index in [1.165, 1.54) is 48.7 Å². The third-order valence-corrected chi connectivity index (χ3v) is 10.7. The molecule has 0 amide bonds. The van der Waals surface area contributed by atoms with Gasteiger partial charge >= 0.3 is 0 Å². The third kappa shape index (κ3) is 6.60. The molecule has 0 fully saturated rings. The molecule has 0 unspecified atom stereocenters. The standard InChI is InChI=1S/C48H38N2S/c1-35-23-25-38(26-24-35)47-45(36-15-7-3-8-16-36)46(37-17-9-4-10-18-37)48(51-47)39-27-29-43(30-28-39)50(42-21-13-6-14-22-42)44-33-31-41(32-34-44)49(2)40-19-11-5-12-20-40/h3-34H,1-2H3. The Bertz CT molecular complexity index is 2330. The largest absolute Gasteiger partial charge is 0.345 e. The van der Waals surface area contributed by atoms with Crippen LogP contribution >= 0.6 is 11.3 Å². The zero-order valence-electron chi connectivity index (χ0n) is 28.8. The minimum Gasteiger partial charge on any atom is -0.345 e. The highest BCUT2D eigenvalue weighted by Crippen LogP contribution is 2.52. The van der Waals surface area contributed by atoms with Gasteiger partial charge in [0.2, 0.25) is 0 Å². The molecule has 0 spiro atoms. The number of anilines is 5. The van der Waals surface area contributed by atoms with Crippen molar-refractivity contribution in [1.82, 2.24) is 0 Å². The summed E-state index contributed by atoms with van der Waals surface area (Å²) in [5.41, 5.74) is 14.3. The smallest absolute Gasteiger partial charge is 0.0463 e. The fourth-order valence-corrected chi connectivity index (χ4v) is 8.07. The molecule has 2 nitrogen and oxygen atoms in total. The van der Waals surface area contributed by atoms with Crippen LogP contribution in [0.1, 0.15) is 5.56 Å². The lowest BCUT2D eigenvalue weighted by Gasteiger charge is -2.27. The number of hydrogen-bond donors (Lipinski definition) is 0. The van der Waals surface area contributed by atoms with Crippen LogP contribution in [0.15, 0.2) is 194 Å². The average Bonchev–Trinajstić information content (AvgIpc) is 3.61. The lowest BCUT2D eigenvalue weighted by Crippen LogP contribution is -2.11. The number of thiophene rings is 1. The van der Waals surface area contributed by atoms with Crippen LogP contribution in [0.2, 0.25) is 0 Å². The molecule has 1 aromatic heterocycles. The van der Waals surface area contributed by atoms with Crippen molar-refractivity contribution in [2.24, 2.45) is 0 Å². The van der Waals surface area contributed by atoms with Crippen LogP contribution in [0.25, 0.3) is 43.1 Å². The van der Waals surface area contributed by atoms with Gasteiger partial charge in [-0.3, -0.25) is 0 Å². The second-order valence-corrected chi connectivity index (χ2v) is 13.8. The van der Waals surface area contributed by atoms with Gasteiger partial charge in [0, 0.05) is 56.4 Å². The summed E-state index contributed by atoms with van der Waals surface area (Å²) in [6.07, 6.45) is 0. The molecule has 246 valence electrons. The Morgan fingerprint density at radius 3 is 1.14 bits per heavy atom. The van der Waals surface area contributed by atoms with Crippen molar-refractivity contribution in [1.29, 1.82) is 0 Å². The normalized spacial score (nSPS) is 10.9. The van der Waals surface area contributed by atoms with Crippen LogP contribution < -0.4 is 9.80 Å². The molecule has 51 heavy (non-hydrogen) atoms. The molecular formula is C48H38N2S. The molecule has 0 saturated heterocycles. The number of benzene rings is 7. The van der Waals surface area contributed by atoms with Gasteiger partial charge < -0.3 is 9.80 Å². The predicted molar refractivity (Wildman–Crippen MR) is 220 cm³/mol. The van der Waals surface area contributed by atoms with Gasteiger partial charge in [0.1, 0.15) is 0 Å². The average molecular weight is 675 g/mol. The quantitative estimate of drug-likeness (QED) is 0.150. The van der Waals surface area contributed by atoms with Crippen molar-refractivity contribution in [3.63, 3.8) is 0 Å². The van der Waals surface area contributed by atoms with Crippen molar-refractivity contribution < 1.29 is 0 Å². The summed E-state index contributed by atoms with van der Waals surface area (Å²) in [4.78, 5) is 7.09. The van der Waals surface area contributed by atoms with Crippen LogP contribution in [-0.4, -0.2) is 7.05 Å². The fourth-order valence-electron chi connectivity index (χ4n) is 6.72. The molecule has 8 aromatic rings. The summed E-state index contributed by atoms with van der Waals surface area (Å²) in [7, 11) is 2.11. The molecule has 0 radical (unpaired) electrons. The summed E-state index contributed by atoms with van der Waals surface area (Å²) in [6, 6.07) is 69.6. The number of hydrogen-bond acceptors (Lipinski definition) is 3. The molecule has 7 aromatic carbocycles. The molecule has 3 heteroatoms. The minimum atomic E-state index is 1.10. The van der Waals surface area contributed by atoms with E-state index in [1.807, 2.05) is 11.3 Å². The molecule has 8 rings (SSSR count). The number of rotatable bonds is 9. The topological polar surface area (TPSA) is 6.48 Å². The van der Waals surface area contributed by atoms with E-state index in [4.69, 9.17) is 0 Å². The predicted octanol–water partition coefficient (Wildman–Crippen LogP) is 14.0. The Morgan fingerprint density at radius 1 is 0.333 bits per heavy atom. The Labute approximate surface area is 305 Å². The monoisotopic (exact) mass is 674 g/mol. The van der Waals surface area contributed by atoms with Gasteiger partial charge in [-0.05, 0) is 89.8 Å². The summed E-state index contributed by atoms with van der Waals surface area (Å²) >= 11 is 1.88. The van der Waals surface area contributed by atoms with E-state index in [2.05, 4.69) is 218 Å². The maximum absolute atomic E-state index is 2.33. The highest BCUT2D eigenvalue weighted by atomic mass is 32.1. The van der Waals surface area contributed by atoms with Crippen LogP contribution in [0.5, 0.6) is 0 Å². The zero-order chi connectivity index (χ0) is 34.6. The first-order chi connectivity index (χ1) is 25.1. The van der Waals surface area contributed by atoms with Gasteiger partial charge in [0.05, 0.1) is 0 Å². The zero-order valence-corrected chi connectivity index (χ0v) is 29.6. The second-order valence-electron chi connectivity index (χ2n) is 12.7. The molecule has 0 atom stereocenters. The third-order valence-electron chi connectivity index (χ3n) is 9.39. The van der Waals surface area contributed by atoms with E-state index in [0.29, 0.717) is 0 Å². The minimum absolute atomic E-state index is 1.10. The number of nitrogens with zero attached hydrogens (tertiary/aromatic N) is 2. The summed E-state index contributed by atoms with van der Waals surface area (Å²) < 4.78 is 0. The van der Waals surface area contributed by atoms with Crippen LogP contribution in [0.4, 0.5) is 28.4 Å². The van der Waals surface area contributed by atoms with Crippen molar-refractivity contribution in [3.8, 4) is 43.1 Å². The van der Waals surface area contributed by atoms with E-state index in [1.54, 1.807) is 0 Å². The molecule has 0 aliphatic rings. The van der Waals surface area contributed by atoms with Gasteiger partial charge in [-0.1, -0.05) is 139 Å². The Balaban J connectivity index is 1.23. The lowest BCUT2D eigenvalue weighted by molar-refractivity contribution is 1.20. The SMILES string of the molecule is Cc1ccc(-c2sc(-c3ccc(N(c4ccccc4)c4ccc(N(C)c5ccccc5)cc4)cc3)c(-c3ccccc3)c2-c2ccccc2)cc1. The van der Waals surface area contributed by atoms with Crippen LogP contribution in [0.3, 0.4) is 0 Å². The highest BCUT2D eigenvalue weighted by Gasteiger charge is 2.23. The summed E-state index contributed by atoms with van der Waals surface area (Å²) in [6.45, 7) is 2.15. The highest BCUT2D eigenvalue weighted by molar-refractivity contribution is 7.20. The van der Waals surface area contributed by atoms with Crippen molar-refractivity contribution in [2.45, 2.75) is 6.92 Å². The first kappa shape index (κ1) is 32.1. The molecule has 0 bridgehead atoms.